The Kier molecular flexibility index (Phi) is 8.35. The fourth-order valence-corrected chi connectivity index (χ4v) is 3.35. The molecule has 0 saturated heterocycles. The molecule has 0 aliphatic rings. The molecule has 0 saturated carbocycles. The minimum absolute atomic E-state index is 0.531. The van der Waals surface area contributed by atoms with E-state index in [1.54, 1.807) is 0 Å². The van der Waals surface area contributed by atoms with Gasteiger partial charge in [-0.3, -0.25) is 0 Å². The summed E-state index contributed by atoms with van der Waals surface area (Å²) in [5.41, 5.74) is 0. The Hall–Kier alpha value is -0.380. The van der Waals surface area contributed by atoms with Crippen molar-refractivity contribution < 1.29 is 0 Å². The summed E-state index contributed by atoms with van der Waals surface area (Å²) in [6, 6.07) is 5.52. The van der Waals surface area contributed by atoms with E-state index in [-0.39, 0.29) is 0 Å². The van der Waals surface area contributed by atoms with Gasteiger partial charge in [0.1, 0.15) is 0 Å². The largest absolute Gasteiger partial charge is 0.307 e. The molecule has 0 amide bonds. The maximum Gasteiger partial charge on any atom is 0.0414 e. The SMILES string of the molecule is CCC(NC(C)CCCN(CC)CC)c1cccs1. The zero-order valence-corrected chi connectivity index (χ0v) is 13.8. The van der Waals surface area contributed by atoms with Crippen molar-refractivity contribution in [2.45, 2.75) is 59.0 Å². The number of rotatable bonds is 10. The van der Waals surface area contributed by atoms with Gasteiger partial charge >= 0.3 is 0 Å². The van der Waals surface area contributed by atoms with Crippen molar-refractivity contribution in [3.8, 4) is 0 Å². The molecule has 0 radical (unpaired) electrons. The second-order valence-electron chi connectivity index (χ2n) is 5.21. The van der Waals surface area contributed by atoms with Gasteiger partial charge < -0.3 is 10.2 Å². The van der Waals surface area contributed by atoms with Crippen LogP contribution in [0.4, 0.5) is 0 Å². The second-order valence-corrected chi connectivity index (χ2v) is 6.19. The van der Waals surface area contributed by atoms with Gasteiger partial charge in [-0.2, -0.15) is 0 Å². The van der Waals surface area contributed by atoms with Crippen molar-refractivity contribution in [1.29, 1.82) is 0 Å². The van der Waals surface area contributed by atoms with Crippen molar-refractivity contribution in [1.82, 2.24) is 10.2 Å². The summed E-state index contributed by atoms with van der Waals surface area (Å²) in [6.45, 7) is 12.6. The lowest BCUT2D eigenvalue weighted by molar-refractivity contribution is 0.287. The van der Waals surface area contributed by atoms with Gasteiger partial charge in [-0.05, 0) is 57.3 Å². The van der Waals surface area contributed by atoms with Crippen LogP contribution < -0.4 is 5.32 Å². The molecule has 2 unspecified atom stereocenters. The Bertz CT molecular complexity index is 307. The molecule has 110 valence electrons. The van der Waals surface area contributed by atoms with Crippen LogP contribution in [0.1, 0.15) is 57.9 Å². The average Bonchev–Trinajstić information content (AvgIpc) is 2.95. The van der Waals surface area contributed by atoms with Crippen LogP contribution in [0.15, 0.2) is 17.5 Å². The van der Waals surface area contributed by atoms with Crippen LogP contribution in [0, 0.1) is 0 Å². The van der Waals surface area contributed by atoms with E-state index in [2.05, 4.69) is 55.4 Å². The van der Waals surface area contributed by atoms with E-state index in [0.29, 0.717) is 12.1 Å². The summed E-state index contributed by atoms with van der Waals surface area (Å²) in [7, 11) is 0. The van der Waals surface area contributed by atoms with Crippen molar-refractivity contribution >= 4 is 11.3 Å². The van der Waals surface area contributed by atoms with E-state index in [0.717, 1.165) is 0 Å². The zero-order chi connectivity index (χ0) is 14.1. The molecule has 3 heteroatoms. The van der Waals surface area contributed by atoms with Gasteiger partial charge in [0.2, 0.25) is 0 Å². The molecule has 2 atom stereocenters. The van der Waals surface area contributed by atoms with Crippen molar-refractivity contribution in [2.75, 3.05) is 19.6 Å². The number of nitrogens with one attached hydrogen (secondary N) is 1. The molecule has 1 rings (SSSR count). The fraction of sp³-hybridized carbons (Fsp3) is 0.750. The molecule has 1 aromatic rings. The van der Waals surface area contributed by atoms with Crippen LogP contribution in [0.25, 0.3) is 0 Å². The third-order valence-corrected chi connectivity index (χ3v) is 4.77. The van der Waals surface area contributed by atoms with E-state index in [1.807, 2.05) is 11.3 Å². The van der Waals surface area contributed by atoms with Gasteiger partial charge in [-0.25, -0.2) is 0 Å². The van der Waals surface area contributed by atoms with Crippen LogP contribution in [0.3, 0.4) is 0 Å². The van der Waals surface area contributed by atoms with E-state index >= 15 is 0 Å². The standard InChI is InChI=1S/C16H30N2S/c1-5-15(16-11-9-13-19-16)17-14(4)10-8-12-18(6-2)7-3/h9,11,13-15,17H,5-8,10,12H2,1-4H3. The molecule has 1 N–H and O–H groups in total. The molecule has 1 aromatic heterocycles. The maximum absolute atomic E-state index is 3.77. The van der Waals surface area contributed by atoms with E-state index < -0.39 is 0 Å². The van der Waals surface area contributed by atoms with Crippen LogP contribution in [0.2, 0.25) is 0 Å². The smallest absolute Gasteiger partial charge is 0.0414 e. The van der Waals surface area contributed by atoms with Gasteiger partial charge in [-0.15, -0.1) is 11.3 Å². The van der Waals surface area contributed by atoms with E-state index in [1.165, 1.54) is 43.8 Å². The lowest BCUT2D eigenvalue weighted by Gasteiger charge is -2.23. The predicted octanol–water partition coefficient (Wildman–Crippen LogP) is 4.30. The maximum atomic E-state index is 3.77. The number of hydrogen-bond acceptors (Lipinski definition) is 3. The van der Waals surface area contributed by atoms with Crippen molar-refractivity contribution in [3.05, 3.63) is 22.4 Å². The first-order valence-corrected chi connectivity index (χ1v) is 8.60. The quantitative estimate of drug-likeness (QED) is 0.688. The predicted molar refractivity (Wildman–Crippen MR) is 87.0 cm³/mol. The highest BCUT2D eigenvalue weighted by Crippen LogP contribution is 2.22. The lowest BCUT2D eigenvalue weighted by atomic mass is 10.1. The number of nitrogens with zero attached hydrogens (tertiary/aromatic N) is 1. The monoisotopic (exact) mass is 282 g/mol. The molecule has 1 heterocycles. The Morgan fingerprint density at radius 1 is 1.26 bits per heavy atom. The fourth-order valence-electron chi connectivity index (χ4n) is 2.48. The van der Waals surface area contributed by atoms with Crippen molar-refractivity contribution in [3.63, 3.8) is 0 Å². The lowest BCUT2D eigenvalue weighted by Crippen LogP contribution is -2.31. The normalized spacial score (nSPS) is 14.8. The van der Waals surface area contributed by atoms with E-state index in [4.69, 9.17) is 0 Å². The highest BCUT2D eigenvalue weighted by atomic mass is 32.1. The van der Waals surface area contributed by atoms with Gasteiger partial charge in [0.15, 0.2) is 0 Å². The van der Waals surface area contributed by atoms with Crippen LogP contribution >= 0.6 is 11.3 Å². The van der Waals surface area contributed by atoms with Crippen LogP contribution in [-0.4, -0.2) is 30.6 Å². The molecule has 0 aromatic carbocycles. The molecule has 2 nitrogen and oxygen atoms in total. The third-order valence-electron chi connectivity index (χ3n) is 3.79. The first kappa shape index (κ1) is 16.7. The molecule has 0 aliphatic heterocycles. The highest BCUT2D eigenvalue weighted by molar-refractivity contribution is 7.10. The van der Waals surface area contributed by atoms with Crippen molar-refractivity contribution in [2.24, 2.45) is 0 Å². The highest BCUT2D eigenvalue weighted by Gasteiger charge is 2.13. The first-order chi connectivity index (χ1) is 9.21. The summed E-state index contributed by atoms with van der Waals surface area (Å²) in [6.07, 6.45) is 3.72. The summed E-state index contributed by atoms with van der Waals surface area (Å²) in [5, 5.41) is 5.94. The minimum Gasteiger partial charge on any atom is -0.307 e. The summed E-state index contributed by atoms with van der Waals surface area (Å²) < 4.78 is 0. The molecule has 0 fully saturated rings. The minimum atomic E-state index is 0.531. The molecule has 19 heavy (non-hydrogen) atoms. The Balaban J connectivity index is 2.28. The van der Waals surface area contributed by atoms with E-state index in [9.17, 15) is 0 Å². The van der Waals surface area contributed by atoms with Gasteiger partial charge in [0, 0.05) is 17.0 Å². The molecule has 0 spiro atoms. The Labute approximate surface area is 123 Å². The topological polar surface area (TPSA) is 15.3 Å². The van der Waals surface area contributed by atoms with Gasteiger partial charge in [0.05, 0.1) is 0 Å². The molecule has 0 aliphatic carbocycles. The average molecular weight is 282 g/mol. The first-order valence-electron chi connectivity index (χ1n) is 7.73. The number of thiophene rings is 1. The zero-order valence-electron chi connectivity index (χ0n) is 13.0. The third kappa shape index (κ3) is 6.07. The number of hydrogen-bond donors (Lipinski definition) is 1. The van der Waals surface area contributed by atoms with Crippen LogP contribution in [-0.2, 0) is 0 Å². The molecular formula is C16H30N2S. The van der Waals surface area contributed by atoms with Crippen LogP contribution in [0.5, 0.6) is 0 Å². The molecule has 0 bridgehead atoms. The summed E-state index contributed by atoms with van der Waals surface area (Å²) >= 11 is 1.86. The second kappa shape index (κ2) is 9.51. The van der Waals surface area contributed by atoms with Gasteiger partial charge in [0.25, 0.3) is 0 Å². The Morgan fingerprint density at radius 3 is 2.53 bits per heavy atom. The Morgan fingerprint density at radius 2 is 2.00 bits per heavy atom. The molecular weight excluding hydrogens is 252 g/mol. The summed E-state index contributed by atoms with van der Waals surface area (Å²) in [4.78, 5) is 3.97. The summed E-state index contributed by atoms with van der Waals surface area (Å²) in [5.74, 6) is 0. The van der Waals surface area contributed by atoms with Gasteiger partial charge in [-0.1, -0.05) is 26.8 Å².